The fraction of sp³-hybridized carbons (Fsp3) is 0.214. The molecule has 1 amide bonds. The first-order chi connectivity index (χ1) is 10.3. The Hall–Kier alpha value is -2.22. The van der Waals surface area contributed by atoms with Crippen LogP contribution >= 0.6 is 11.3 Å². The molecule has 1 aromatic heterocycles. The summed E-state index contributed by atoms with van der Waals surface area (Å²) in [5.74, 6) is -0.667. The highest BCUT2D eigenvalue weighted by molar-refractivity contribution is 7.17. The highest BCUT2D eigenvalue weighted by Crippen LogP contribution is 2.29. The Bertz CT molecular complexity index is 710. The second-order valence-electron chi connectivity index (χ2n) is 4.51. The molecule has 0 unspecified atom stereocenters. The molecular formula is C14H11F3N2O2S. The number of anilines is 1. The summed E-state index contributed by atoms with van der Waals surface area (Å²) in [7, 11) is 0. The van der Waals surface area contributed by atoms with Crippen LogP contribution in [0, 0.1) is 0 Å². The number of aromatic nitrogens is 1. The molecule has 2 rings (SSSR count). The van der Waals surface area contributed by atoms with Gasteiger partial charge in [-0.25, -0.2) is 4.98 Å². The van der Waals surface area contributed by atoms with Crippen LogP contribution in [0.25, 0.3) is 0 Å². The minimum atomic E-state index is -4.45. The van der Waals surface area contributed by atoms with E-state index in [-0.39, 0.29) is 22.9 Å². The summed E-state index contributed by atoms with van der Waals surface area (Å²) in [5.41, 5.74) is -0.554. The Morgan fingerprint density at radius 3 is 2.64 bits per heavy atom. The van der Waals surface area contributed by atoms with Crippen molar-refractivity contribution in [1.29, 1.82) is 0 Å². The molecule has 0 saturated carbocycles. The van der Waals surface area contributed by atoms with Crippen LogP contribution < -0.4 is 5.32 Å². The van der Waals surface area contributed by atoms with E-state index in [0.717, 1.165) is 23.5 Å². The van der Waals surface area contributed by atoms with Gasteiger partial charge < -0.3 is 5.32 Å². The molecule has 0 radical (unpaired) electrons. The highest BCUT2D eigenvalue weighted by atomic mass is 32.1. The van der Waals surface area contributed by atoms with Crippen molar-refractivity contribution in [2.75, 3.05) is 5.32 Å². The number of nitrogens with one attached hydrogen (secondary N) is 1. The van der Waals surface area contributed by atoms with E-state index in [2.05, 4.69) is 10.3 Å². The van der Waals surface area contributed by atoms with Crippen molar-refractivity contribution in [3.8, 4) is 0 Å². The van der Waals surface area contributed by atoms with Gasteiger partial charge in [-0.3, -0.25) is 9.59 Å². The number of alkyl halides is 3. The molecule has 0 fully saturated rings. The van der Waals surface area contributed by atoms with Crippen LogP contribution in [0.15, 0.2) is 30.5 Å². The maximum absolute atomic E-state index is 12.6. The zero-order valence-electron chi connectivity index (χ0n) is 11.4. The summed E-state index contributed by atoms with van der Waals surface area (Å²) in [6.07, 6.45) is -3.32. The molecule has 0 aliphatic rings. The van der Waals surface area contributed by atoms with Gasteiger partial charge in [0.2, 0.25) is 5.91 Å². The topological polar surface area (TPSA) is 59.1 Å². The summed E-state index contributed by atoms with van der Waals surface area (Å²) >= 11 is 1.01. The fourth-order valence-corrected chi connectivity index (χ4v) is 2.43. The van der Waals surface area contributed by atoms with Crippen LogP contribution in [0.4, 0.5) is 18.3 Å². The van der Waals surface area contributed by atoms with E-state index in [1.165, 1.54) is 25.3 Å². The predicted octanol–water partition coefficient (Wildman–Crippen LogP) is 3.55. The SMILES string of the molecule is CC(=O)c1cnc(NC(=O)Cc2cccc(C(F)(F)F)c2)s1. The van der Waals surface area contributed by atoms with Gasteiger partial charge in [-0.05, 0) is 11.6 Å². The number of halogens is 3. The van der Waals surface area contributed by atoms with Crippen LogP contribution in [-0.4, -0.2) is 16.7 Å². The zero-order chi connectivity index (χ0) is 16.3. The highest BCUT2D eigenvalue weighted by Gasteiger charge is 2.30. The van der Waals surface area contributed by atoms with Crippen molar-refractivity contribution in [2.45, 2.75) is 19.5 Å². The Morgan fingerprint density at radius 1 is 1.32 bits per heavy atom. The molecule has 8 heteroatoms. The standard InChI is InChI=1S/C14H11F3N2O2S/c1-8(20)11-7-18-13(22-11)19-12(21)6-9-3-2-4-10(5-9)14(15,16)17/h2-5,7H,6H2,1H3,(H,18,19,21). The Balaban J connectivity index is 2.04. The molecule has 2 aromatic rings. The molecule has 0 saturated heterocycles. The lowest BCUT2D eigenvalue weighted by Gasteiger charge is -2.08. The number of benzene rings is 1. The molecule has 0 atom stereocenters. The molecule has 1 N–H and O–H groups in total. The van der Waals surface area contributed by atoms with Crippen molar-refractivity contribution in [2.24, 2.45) is 0 Å². The Kier molecular flexibility index (Phi) is 4.60. The van der Waals surface area contributed by atoms with Crippen molar-refractivity contribution in [1.82, 2.24) is 4.98 Å². The van der Waals surface area contributed by atoms with Crippen molar-refractivity contribution >= 4 is 28.2 Å². The first-order valence-electron chi connectivity index (χ1n) is 6.18. The number of amides is 1. The predicted molar refractivity (Wildman–Crippen MR) is 75.9 cm³/mol. The fourth-order valence-electron chi connectivity index (χ4n) is 1.70. The molecule has 116 valence electrons. The van der Waals surface area contributed by atoms with Gasteiger partial charge in [0.05, 0.1) is 23.1 Å². The molecular weight excluding hydrogens is 317 g/mol. The molecule has 0 aliphatic carbocycles. The van der Waals surface area contributed by atoms with Crippen LogP contribution in [0.2, 0.25) is 0 Å². The lowest BCUT2D eigenvalue weighted by atomic mass is 10.1. The Labute approximate surface area is 128 Å². The normalized spacial score (nSPS) is 11.3. The average molecular weight is 328 g/mol. The van der Waals surface area contributed by atoms with Gasteiger partial charge in [0.1, 0.15) is 0 Å². The lowest BCUT2D eigenvalue weighted by molar-refractivity contribution is -0.137. The third-order valence-electron chi connectivity index (χ3n) is 2.72. The van der Waals surface area contributed by atoms with E-state index in [1.54, 1.807) is 0 Å². The number of carbonyl (C=O) groups excluding carboxylic acids is 2. The smallest absolute Gasteiger partial charge is 0.302 e. The minimum absolute atomic E-state index is 0.170. The number of carbonyl (C=O) groups is 2. The van der Waals surface area contributed by atoms with E-state index in [4.69, 9.17) is 0 Å². The van der Waals surface area contributed by atoms with E-state index in [9.17, 15) is 22.8 Å². The monoisotopic (exact) mass is 328 g/mol. The maximum atomic E-state index is 12.6. The third kappa shape index (κ3) is 4.14. The van der Waals surface area contributed by atoms with Gasteiger partial charge in [-0.2, -0.15) is 13.2 Å². The van der Waals surface area contributed by atoms with E-state index >= 15 is 0 Å². The second kappa shape index (κ2) is 6.27. The third-order valence-corrected chi connectivity index (χ3v) is 3.73. The first kappa shape index (κ1) is 16.2. The summed E-state index contributed by atoms with van der Waals surface area (Å²) in [4.78, 5) is 27.2. The van der Waals surface area contributed by atoms with Crippen LogP contribution in [0.5, 0.6) is 0 Å². The lowest BCUT2D eigenvalue weighted by Crippen LogP contribution is -2.15. The van der Waals surface area contributed by atoms with Crippen molar-refractivity contribution in [3.63, 3.8) is 0 Å². The number of ketones is 1. The number of hydrogen-bond donors (Lipinski definition) is 1. The summed E-state index contributed by atoms with van der Waals surface area (Å²) < 4.78 is 37.8. The van der Waals surface area contributed by atoms with Crippen LogP contribution in [0.3, 0.4) is 0 Å². The quantitative estimate of drug-likeness (QED) is 0.873. The second-order valence-corrected chi connectivity index (χ2v) is 5.54. The summed E-state index contributed by atoms with van der Waals surface area (Å²) in [5, 5.41) is 2.70. The summed E-state index contributed by atoms with van der Waals surface area (Å²) in [6.45, 7) is 1.38. The van der Waals surface area contributed by atoms with Gasteiger partial charge in [0.15, 0.2) is 10.9 Å². The van der Waals surface area contributed by atoms with E-state index < -0.39 is 17.6 Å². The van der Waals surface area contributed by atoms with Crippen LogP contribution in [-0.2, 0) is 17.4 Å². The van der Waals surface area contributed by atoms with Gasteiger partial charge in [0.25, 0.3) is 0 Å². The molecule has 1 heterocycles. The average Bonchev–Trinajstić information content (AvgIpc) is 2.86. The molecule has 0 aliphatic heterocycles. The maximum Gasteiger partial charge on any atom is 0.416 e. The minimum Gasteiger partial charge on any atom is -0.302 e. The molecule has 4 nitrogen and oxygen atoms in total. The first-order valence-corrected chi connectivity index (χ1v) is 7.00. The number of Topliss-reactive ketones (excluding diaryl/α,β-unsaturated/α-hetero) is 1. The van der Waals surface area contributed by atoms with Gasteiger partial charge >= 0.3 is 6.18 Å². The molecule has 0 spiro atoms. The van der Waals surface area contributed by atoms with Gasteiger partial charge in [0, 0.05) is 6.92 Å². The number of rotatable bonds is 4. The largest absolute Gasteiger partial charge is 0.416 e. The van der Waals surface area contributed by atoms with Gasteiger partial charge in [-0.1, -0.05) is 29.5 Å². The molecule has 0 bridgehead atoms. The Morgan fingerprint density at radius 2 is 2.05 bits per heavy atom. The number of nitrogens with zero attached hydrogens (tertiary/aromatic N) is 1. The number of hydrogen-bond acceptors (Lipinski definition) is 4. The van der Waals surface area contributed by atoms with E-state index in [1.807, 2.05) is 0 Å². The molecule has 22 heavy (non-hydrogen) atoms. The van der Waals surface area contributed by atoms with Crippen LogP contribution in [0.1, 0.15) is 27.7 Å². The van der Waals surface area contributed by atoms with Gasteiger partial charge in [-0.15, -0.1) is 0 Å². The number of thiazole rings is 1. The summed E-state index contributed by atoms with van der Waals surface area (Å²) in [6, 6.07) is 4.57. The van der Waals surface area contributed by atoms with Crippen molar-refractivity contribution < 1.29 is 22.8 Å². The van der Waals surface area contributed by atoms with Crippen molar-refractivity contribution in [3.05, 3.63) is 46.5 Å². The zero-order valence-corrected chi connectivity index (χ0v) is 12.2. The van der Waals surface area contributed by atoms with E-state index in [0.29, 0.717) is 4.88 Å². The molecule has 1 aromatic carbocycles.